The summed E-state index contributed by atoms with van der Waals surface area (Å²) < 4.78 is 25.0. The Morgan fingerprint density at radius 1 is 1.24 bits per heavy atom. The summed E-state index contributed by atoms with van der Waals surface area (Å²) in [6.45, 7) is 7.68. The molecule has 5 heteroatoms. The van der Waals surface area contributed by atoms with Crippen molar-refractivity contribution in [2.24, 2.45) is 5.92 Å². The van der Waals surface area contributed by atoms with Gasteiger partial charge in [0.2, 0.25) is 10.0 Å². The Morgan fingerprint density at radius 3 is 2.18 bits per heavy atom. The molecule has 1 fully saturated rings. The maximum Gasteiger partial charge on any atom is 0.208 e. The first-order valence-corrected chi connectivity index (χ1v) is 8.53. The van der Waals surface area contributed by atoms with Crippen LogP contribution in [0.15, 0.2) is 0 Å². The monoisotopic (exact) mass is 262 g/mol. The summed E-state index contributed by atoms with van der Waals surface area (Å²) in [7, 11) is -3.04. The standard InChI is InChI=1S/C12H26N2O2S/c1-4-11(5-2)10-14-8-6-12(7-9-14)13-17(3,15)16/h11-13H,4-10H2,1-3H3. The van der Waals surface area contributed by atoms with Gasteiger partial charge in [-0.05, 0) is 31.8 Å². The molecule has 0 spiro atoms. The molecule has 1 aliphatic heterocycles. The number of hydrogen-bond acceptors (Lipinski definition) is 3. The second-order valence-electron chi connectivity index (χ2n) is 5.15. The zero-order valence-electron chi connectivity index (χ0n) is 11.3. The molecular formula is C12H26N2O2S. The van der Waals surface area contributed by atoms with Crippen LogP contribution >= 0.6 is 0 Å². The molecule has 0 amide bonds. The Balaban J connectivity index is 2.30. The lowest BCUT2D eigenvalue weighted by molar-refractivity contribution is 0.175. The minimum absolute atomic E-state index is 0.142. The van der Waals surface area contributed by atoms with Crippen molar-refractivity contribution < 1.29 is 8.42 Å². The first-order valence-electron chi connectivity index (χ1n) is 6.64. The van der Waals surface area contributed by atoms with E-state index < -0.39 is 10.0 Å². The number of sulfonamides is 1. The molecule has 0 bridgehead atoms. The fraction of sp³-hybridized carbons (Fsp3) is 1.00. The minimum atomic E-state index is -3.04. The second-order valence-corrected chi connectivity index (χ2v) is 6.93. The highest BCUT2D eigenvalue weighted by atomic mass is 32.2. The predicted octanol–water partition coefficient (Wildman–Crippen LogP) is 1.44. The van der Waals surface area contributed by atoms with Gasteiger partial charge in [-0.1, -0.05) is 26.7 Å². The van der Waals surface area contributed by atoms with Crippen molar-refractivity contribution in [1.82, 2.24) is 9.62 Å². The zero-order valence-corrected chi connectivity index (χ0v) is 12.1. The lowest BCUT2D eigenvalue weighted by atomic mass is 10.00. The van der Waals surface area contributed by atoms with Crippen LogP contribution in [0.1, 0.15) is 39.5 Å². The second kappa shape index (κ2) is 6.71. The number of hydrogen-bond donors (Lipinski definition) is 1. The van der Waals surface area contributed by atoms with Crippen LogP contribution in [-0.2, 0) is 10.0 Å². The van der Waals surface area contributed by atoms with Crippen molar-refractivity contribution >= 4 is 10.0 Å². The van der Waals surface area contributed by atoms with Crippen LogP contribution in [-0.4, -0.2) is 45.2 Å². The van der Waals surface area contributed by atoms with Gasteiger partial charge in [0.05, 0.1) is 6.26 Å². The Bertz CT molecular complexity index is 304. The number of piperidine rings is 1. The smallest absolute Gasteiger partial charge is 0.208 e. The Hall–Kier alpha value is -0.130. The first kappa shape index (κ1) is 14.9. The molecule has 0 aromatic rings. The fourth-order valence-corrected chi connectivity index (χ4v) is 3.29. The summed E-state index contributed by atoms with van der Waals surface area (Å²) >= 11 is 0. The summed E-state index contributed by atoms with van der Waals surface area (Å²) in [5, 5.41) is 0. The lowest BCUT2D eigenvalue weighted by Gasteiger charge is -2.33. The Labute approximate surface area is 106 Å². The number of likely N-dealkylation sites (tertiary alicyclic amines) is 1. The molecular weight excluding hydrogens is 236 g/mol. The van der Waals surface area contributed by atoms with Gasteiger partial charge in [-0.25, -0.2) is 13.1 Å². The van der Waals surface area contributed by atoms with Crippen molar-refractivity contribution in [3.05, 3.63) is 0 Å². The van der Waals surface area contributed by atoms with Gasteiger partial charge >= 0.3 is 0 Å². The normalized spacial score (nSPS) is 20.0. The van der Waals surface area contributed by atoms with Crippen LogP contribution in [0.2, 0.25) is 0 Å². The summed E-state index contributed by atoms with van der Waals surface area (Å²) in [4.78, 5) is 2.47. The predicted molar refractivity (Wildman–Crippen MR) is 71.5 cm³/mol. The molecule has 1 N–H and O–H groups in total. The molecule has 0 radical (unpaired) electrons. The maximum absolute atomic E-state index is 11.1. The van der Waals surface area contributed by atoms with Crippen molar-refractivity contribution in [2.75, 3.05) is 25.9 Å². The third kappa shape index (κ3) is 5.84. The van der Waals surface area contributed by atoms with E-state index in [1.165, 1.54) is 25.6 Å². The molecule has 0 aromatic heterocycles. The molecule has 1 aliphatic rings. The average molecular weight is 262 g/mol. The van der Waals surface area contributed by atoms with E-state index >= 15 is 0 Å². The van der Waals surface area contributed by atoms with Crippen molar-refractivity contribution in [3.8, 4) is 0 Å². The maximum atomic E-state index is 11.1. The van der Waals surface area contributed by atoms with Gasteiger partial charge in [0.25, 0.3) is 0 Å². The summed E-state index contributed by atoms with van der Waals surface area (Å²) in [5.41, 5.74) is 0. The van der Waals surface area contributed by atoms with Gasteiger partial charge < -0.3 is 4.90 Å². The molecule has 0 atom stereocenters. The summed E-state index contributed by atoms with van der Waals surface area (Å²) in [6.07, 6.45) is 5.58. The van der Waals surface area contributed by atoms with Gasteiger partial charge in [-0.15, -0.1) is 0 Å². The molecule has 1 saturated heterocycles. The van der Waals surface area contributed by atoms with Gasteiger partial charge in [0.15, 0.2) is 0 Å². The van der Waals surface area contributed by atoms with E-state index in [-0.39, 0.29) is 6.04 Å². The van der Waals surface area contributed by atoms with Crippen LogP contribution in [0, 0.1) is 5.92 Å². The van der Waals surface area contributed by atoms with Crippen molar-refractivity contribution in [1.29, 1.82) is 0 Å². The quantitative estimate of drug-likeness (QED) is 0.788. The first-order chi connectivity index (χ1) is 7.94. The van der Waals surface area contributed by atoms with Gasteiger partial charge in [0.1, 0.15) is 0 Å². The SMILES string of the molecule is CCC(CC)CN1CCC(NS(C)(=O)=O)CC1. The molecule has 0 aromatic carbocycles. The molecule has 1 heterocycles. The number of nitrogens with one attached hydrogen (secondary N) is 1. The highest BCUT2D eigenvalue weighted by Crippen LogP contribution is 2.15. The number of nitrogens with zero attached hydrogens (tertiary/aromatic N) is 1. The minimum Gasteiger partial charge on any atom is -0.303 e. The van der Waals surface area contributed by atoms with Gasteiger partial charge in [-0.3, -0.25) is 0 Å². The Morgan fingerprint density at radius 2 is 1.76 bits per heavy atom. The van der Waals surface area contributed by atoms with Gasteiger partial charge in [-0.2, -0.15) is 0 Å². The largest absolute Gasteiger partial charge is 0.303 e. The fourth-order valence-electron chi connectivity index (χ4n) is 2.45. The van der Waals surface area contributed by atoms with Crippen molar-refractivity contribution in [3.63, 3.8) is 0 Å². The molecule has 102 valence electrons. The molecule has 1 rings (SSSR count). The highest BCUT2D eigenvalue weighted by molar-refractivity contribution is 7.88. The topological polar surface area (TPSA) is 49.4 Å². The third-order valence-electron chi connectivity index (χ3n) is 3.64. The van der Waals surface area contributed by atoms with Crippen LogP contribution in [0.4, 0.5) is 0 Å². The molecule has 0 aliphatic carbocycles. The Kier molecular flexibility index (Phi) is 5.89. The van der Waals surface area contributed by atoms with E-state index in [0.29, 0.717) is 0 Å². The van der Waals surface area contributed by atoms with Crippen LogP contribution in [0.25, 0.3) is 0 Å². The number of rotatable bonds is 6. The van der Waals surface area contributed by atoms with E-state index in [1.54, 1.807) is 0 Å². The van der Waals surface area contributed by atoms with E-state index in [1.807, 2.05) is 0 Å². The van der Waals surface area contributed by atoms with Crippen LogP contribution < -0.4 is 4.72 Å². The third-order valence-corrected chi connectivity index (χ3v) is 4.40. The summed E-state index contributed by atoms with van der Waals surface area (Å²) in [6, 6.07) is 0.142. The van der Waals surface area contributed by atoms with E-state index in [0.717, 1.165) is 31.8 Å². The van der Waals surface area contributed by atoms with Crippen LogP contribution in [0.3, 0.4) is 0 Å². The lowest BCUT2D eigenvalue weighted by Crippen LogP contribution is -2.45. The van der Waals surface area contributed by atoms with Crippen molar-refractivity contribution in [2.45, 2.75) is 45.6 Å². The molecule has 0 unspecified atom stereocenters. The highest BCUT2D eigenvalue weighted by Gasteiger charge is 2.22. The van der Waals surface area contributed by atoms with E-state index in [9.17, 15) is 8.42 Å². The van der Waals surface area contributed by atoms with E-state index in [4.69, 9.17) is 0 Å². The molecule has 4 nitrogen and oxygen atoms in total. The molecule has 0 saturated carbocycles. The van der Waals surface area contributed by atoms with E-state index in [2.05, 4.69) is 23.5 Å². The average Bonchev–Trinajstić information content (AvgIpc) is 2.26. The summed E-state index contributed by atoms with van der Waals surface area (Å²) in [5.74, 6) is 0.786. The van der Waals surface area contributed by atoms with Crippen LogP contribution in [0.5, 0.6) is 0 Å². The molecule has 17 heavy (non-hydrogen) atoms. The zero-order chi connectivity index (χ0) is 12.9. The van der Waals surface area contributed by atoms with Gasteiger partial charge in [0, 0.05) is 12.6 Å².